The normalized spacial score (nSPS) is 22.4. The van der Waals surface area contributed by atoms with Gasteiger partial charge in [-0.2, -0.15) is 0 Å². The van der Waals surface area contributed by atoms with Gasteiger partial charge < -0.3 is 14.6 Å². The minimum absolute atomic E-state index is 0.122. The van der Waals surface area contributed by atoms with Gasteiger partial charge in [0.05, 0.1) is 25.2 Å². The van der Waals surface area contributed by atoms with Crippen LogP contribution >= 0.6 is 0 Å². The van der Waals surface area contributed by atoms with Crippen LogP contribution in [0.1, 0.15) is 25.3 Å². The zero-order valence-corrected chi connectivity index (χ0v) is 11.0. The van der Waals surface area contributed by atoms with Crippen molar-refractivity contribution in [2.75, 3.05) is 19.8 Å². The van der Waals surface area contributed by atoms with Gasteiger partial charge in [0, 0.05) is 5.41 Å². The summed E-state index contributed by atoms with van der Waals surface area (Å²) < 4.78 is 10.9. The van der Waals surface area contributed by atoms with Gasteiger partial charge in [-0.15, -0.1) is 0 Å². The third kappa shape index (κ3) is 2.21. The average Bonchev–Trinajstić information content (AvgIpc) is 3.16. The summed E-state index contributed by atoms with van der Waals surface area (Å²) in [4.78, 5) is 11.2. The summed E-state index contributed by atoms with van der Waals surface area (Å²) in [5.74, 6) is 0.0679. The highest BCUT2D eigenvalue weighted by molar-refractivity contribution is 5.84. The fourth-order valence-electron chi connectivity index (χ4n) is 2.41. The van der Waals surface area contributed by atoms with Crippen molar-refractivity contribution in [3.05, 3.63) is 29.8 Å². The molecule has 2 aliphatic rings. The Kier molecular flexibility index (Phi) is 2.78. The second-order valence-corrected chi connectivity index (χ2v) is 6.00. The summed E-state index contributed by atoms with van der Waals surface area (Å²) in [6, 6.07) is 7.47. The van der Waals surface area contributed by atoms with Gasteiger partial charge in [-0.25, -0.2) is 0 Å². The molecule has 0 radical (unpaired) electrons. The van der Waals surface area contributed by atoms with E-state index in [4.69, 9.17) is 9.47 Å². The van der Waals surface area contributed by atoms with Gasteiger partial charge in [-0.3, -0.25) is 4.79 Å². The fourth-order valence-corrected chi connectivity index (χ4v) is 2.41. The fraction of sp³-hybridized carbons (Fsp3) is 0.533. The highest BCUT2D eigenvalue weighted by Gasteiger charge is 2.51. The predicted octanol–water partition coefficient (Wildman–Crippen LogP) is 2.22. The average molecular weight is 262 g/mol. The van der Waals surface area contributed by atoms with E-state index in [1.165, 1.54) is 0 Å². The van der Waals surface area contributed by atoms with E-state index in [1.54, 1.807) is 0 Å². The van der Waals surface area contributed by atoms with Crippen LogP contribution in [0.3, 0.4) is 0 Å². The number of hydrogen-bond donors (Lipinski definition) is 1. The Morgan fingerprint density at radius 3 is 2.37 bits per heavy atom. The van der Waals surface area contributed by atoms with E-state index < -0.39 is 11.4 Å². The standard InChI is InChI=1S/C15H18O4/c1-14(8-18-9-14)10-19-12-4-2-11(3-5-12)15(6-7-15)13(16)17/h2-5H,6-10H2,1H3,(H,16,17). The highest BCUT2D eigenvalue weighted by Crippen LogP contribution is 2.48. The summed E-state index contributed by atoms with van der Waals surface area (Å²) in [6.07, 6.45) is 1.47. The van der Waals surface area contributed by atoms with Crippen LogP contribution in [-0.4, -0.2) is 30.9 Å². The maximum atomic E-state index is 11.2. The van der Waals surface area contributed by atoms with E-state index in [2.05, 4.69) is 6.92 Å². The van der Waals surface area contributed by atoms with E-state index >= 15 is 0 Å². The largest absolute Gasteiger partial charge is 0.493 e. The molecule has 102 valence electrons. The number of carbonyl (C=O) groups is 1. The van der Waals surface area contributed by atoms with Gasteiger partial charge in [-0.05, 0) is 30.5 Å². The maximum absolute atomic E-state index is 11.2. The predicted molar refractivity (Wildman–Crippen MR) is 69.4 cm³/mol. The van der Waals surface area contributed by atoms with Gasteiger partial charge in [0.2, 0.25) is 0 Å². The Bertz CT molecular complexity index is 483. The first-order valence-electron chi connectivity index (χ1n) is 6.59. The van der Waals surface area contributed by atoms with Gasteiger partial charge in [0.15, 0.2) is 0 Å². The van der Waals surface area contributed by atoms with Gasteiger partial charge >= 0.3 is 5.97 Å². The smallest absolute Gasteiger partial charge is 0.314 e. The Hall–Kier alpha value is -1.55. The van der Waals surface area contributed by atoms with E-state index in [9.17, 15) is 9.90 Å². The molecule has 1 saturated carbocycles. The van der Waals surface area contributed by atoms with Crippen molar-refractivity contribution in [1.82, 2.24) is 0 Å². The van der Waals surface area contributed by atoms with Crippen molar-refractivity contribution < 1.29 is 19.4 Å². The van der Waals surface area contributed by atoms with Crippen molar-refractivity contribution in [1.29, 1.82) is 0 Å². The van der Waals surface area contributed by atoms with E-state index in [0.29, 0.717) is 6.61 Å². The van der Waals surface area contributed by atoms with Crippen molar-refractivity contribution in [3.8, 4) is 5.75 Å². The van der Waals surface area contributed by atoms with Crippen LogP contribution in [0.5, 0.6) is 5.75 Å². The van der Waals surface area contributed by atoms with Crippen LogP contribution in [0.15, 0.2) is 24.3 Å². The monoisotopic (exact) mass is 262 g/mol. The van der Waals surface area contributed by atoms with Crippen LogP contribution in [0.25, 0.3) is 0 Å². The number of carboxylic acids is 1. The lowest BCUT2D eigenvalue weighted by molar-refractivity contribution is -0.140. The number of aliphatic carboxylic acids is 1. The van der Waals surface area contributed by atoms with E-state index in [-0.39, 0.29) is 5.41 Å². The molecule has 1 saturated heterocycles. The molecule has 1 aliphatic heterocycles. The van der Waals surface area contributed by atoms with Gasteiger partial charge in [0.1, 0.15) is 5.75 Å². The topological polar surface area (TPSA) is 55.8 Å². The summed E-state index contributed by atoms with van der Waals surface area (Å²) >= 11 is 0. The lowest BCUT2D eigenvalue weighted by Gasteiger charge is -2.37. The summed E-state index contributed by atoms with van der Waals surface area (Å²) in [5, 5.41) is 9.23. The second kappa shape index (κ2) is 4.23. The van der Waals surface area contributed by atoms with Crippen LogP contribution in [0.2, 0.25) is 0 Å². The van der Waals surface area contributed by atoms with Crippen LogP contribution < -0.4 is 4.74 Å². The number of ether oxygens (including phenoxy) is 2. The summed E-state index contributed by atoms with van der Waals surface area (Å²) in [6.45, 7) is 4.26. The molecule has 0 spiro atoms. The lowest BCUT2D eigenvalue weighted by atomic mass is 9.90. The first-order chi connectivity index (χ1) is 9.04. The molecule has 0 atom stereocenters. The zero-order valence-electron chi connectivity index (χ0n) is 11.0. The third-order valence-corrected chi connectivity index (χ3v) is 4.05. The molecule has 2 fully saturated rings. The van der Waals surface area contributed by atoms with Gasteiger partial charge in [-0.1, -0.05) is 19.1 Å². The third-order valence-electron chi connectivity index (χ3n) is 4.05. The van der Waals surface area contributed by atoms with E-state index in [1.807, 2.05) is 24.3 Å². The summed E-state index contributed by atoms with van der Waals surface area (Å²) in [5.41, 5.74) is 0.370. The Morgan fingerprint density at radius 1 is 1.32 bits per heavy atom. The minimum atomic E-state index is -0.722. The molecule has 3 rings (SSSR count). The van der Waals surface area contributed by atoms with E-state index in [0.717, 1.165) is 37.4 Å². The number of hydrogen-bond acceptors (Lipinski definition) is 3. The Morgan fingerprint density at radius 2 is 1.95 bits per heavy atom. The molecule has 4 heteroatoms. The molecule has 1 N–H and O–H groups in total. The molecule has 0 bridgehead atoms. The van der Waals surface area contributed by atoms with Crippen molar-refractivity contribution in [3.63, 3.8) is 0 Å². The van der Waals surface area contributed by atoms with Crippen LogP contribution in [-0.2, 0) is 14.9 Å². The quantitative estimate of drug-likeness (QED) is 0.884. The summed E-state index contributed by atoms with van der Waals surface area (Å²) in [7, 11) is 0. The Labute approximate surface area is 112 Å². The molecule has 1 aromatic carbocycles. The van der Waals surface area contributed by atoms with Crippen molar-refractivity contribution >= 4 is 5.97 Å². The van der Waals surface area contributed by atoms with Gasteiger partial charge in [0.25, 0.3) is 0 Å². The van der Waals surface area contributed by atoms with Crippen LogP contribution in [0, 0.1) is 5.41 Å². The minimum Gasteiger partial charge on any atom is -0.493 e. The number of rotatable bonds is 5. The van der Waals surface area contributed by atoms with Crippen molar-refractivity contribution in [2.24, 2.45) is 5.41 Å². The SMILES string of the molecule is CC1(COc2ccc(C3(C(=O)O)CC3)cc2)COC1. The maximum Gasteiger partial charge on any atom is 0.314 e. The molecule has 0 amide bonds. The highest BCUT2D eigenvalue weighted by atomic mass is 16.5. The molecule has 1 heterocycles. The first-order valence-corrected chi connectivity index (χ1v) is 6.59. The molecule has 4 nitrogen and oxygen atoms in total. The second-order valence-electron chi connectivity index (χ2n) is 6.00. The molecule has 19 heavy (non-hydrogen) atoms. The first kappa shape index (κ1) is 12.5. The molecular weight excluding hydrogens is 244 g/mol. The zero-order chi connectivity index (χ0) is 13.5. The van der Waals surface area contributed by atoms with Crippen LogP contribution in [0.4, 0.5) is 0 Å². The molecule has 0 aromatic heterocycles. The number of carboxylic acid groups (broad SMARTS) is 1. The molecule has 0 unspecified atom stereocenters. The Balaban J connectivity index is 1.64. The molecular formula is C15H18O4. The molecule has 1 aromatic rings. The lowest BCUT2D eigenvalue weighted by Crippen LogP contribution is -2.44. The van der Waals surface area contributed by atoms with Crippen molar-refractivity contribution in [2.45, 2.75) is 25.2 Å². The number of benzene rings is 1. The molecule has 1 aliphatic carbocycles.